The molecule has 1 rings (SSSR count). The standard InChI is InChI=1S/C12H12FNO3/c13-12-5-3-10(4-6-12)1-2-11(7-8-15)9-14(16)17/h3-6,11,15H,7-9H2/t11-/m1/s1. The molecule has 4 nitrogen and oxygen atoms in total. The zero-order valence-corrected chi connectivity index (χ0v) is 9.10. The molecular weight excluding hydrogens is 225 g/mol. The first kappa shape index (κ1) is 13.1. The van der Waals surface area contributed by atoms with Crippen LogP contribution in [0.3, 0.4) is 0 Å². The van der Waals surface area contributed by atoms with Gasteiger partial charge in [-0.3, -0.25) is 10.1 Å². The molecule has 0 aliphatic heterocycles. The monoisotopic (exact) mass is 237 g/mol. The van der Waals surface area contributed by atoms with Crippen molar-refractivity contribution in [2.45, 2.75) is 6.42 Å². The van der Waals surface area contributed by atoms with Crippen molar-refractivity contribution in [2.24, 2.45) is 5.92 Å². The van der Waals surface area contributed by atoms with Crippen LogP contribution in [0, 0.1) is 33.7 Å². The second-order valence-electron chi connectivity index (χ2n) is 3.50. The van der Waals surface area contributed by atoms with Gasteiger partial charge in [0.25, 0.3) is 0 Å². The lowest BCUT2D eigenvalue weighted by Gasteiger charge is -2.02. The predicted octanol–water partition coefficient (Wildman–Crippen LogP) is 1.45. The Balaban J connectivity index is 2.72. The van der Waals surface area contributed by atoms with Crippen molar-refractivity contribution in [1.82, 2.24) is 0 Å². The van der Waals surface area contributed by atoms with E-state index in [0.29, 0.717) is 5.56 Å². The van der Waals surface area contributed by atoms with Gasteiger partial charge in [0, 0.05) is 17.1 Å². The van der Waals surface area contributed by atoms with Crippen molar-refractivity contribution >= 4 is 0 Å². The van der Waals surface area contributed by atoms with E-state index >= 15 is 0 Å². The van der Waals surface area contributed by atoms with Gasteiger partial charge in [-0.05, 0) is 30.7 Å². The fourth-order valence-electron chi connectivity index (χ4n) is 1.26. The molecule has 0 heterocycles. The van der Waals surface area contributed by atoms with Gasteiger partial charge in [0.1, 0.15) is 5.82 Å². The second kappa shape index (κ2) is 6.61. The van der Waals surface area contributed by atoms with Gasteiger partial charge in [0.2, 0.25) is 6.54 Å². The van der Waals surface area contributed by atoms with Crippen LogP contribution in [0.15, 0.2) is 24.3 Å². The Hall–Kier alpha value is -1.93. The number of nitro groups is 1. The lowest BCUT2D eigenvalue weighted by atomic mass is 10.1. The van der Waals surface area contributed by atoms with E-state index in [-0.39, 0.29) is 25.4 Å². The SMILES string of the molecule is O=[N+]([O-])C[C@H](C#Cc1ccc(F)cc1)CCO. The second-order valence-corrected chi connectivity index (χ2v) is 3.50. The minimum absolute atomic E-state index is 0.142. The van der Waals surface area contributed by atoms with Gasteiger partial charge in [-0.2, -0.15) is 0 Å². The molecule has 1 aromatic rings. The maximum absolute atomic E-state index is 12.6. The summed E-state index contributed by atoms with van der Waals surface area (Å²) in [5.41, 5.74) is 0.595. The van der Waals surface area contributed by atoms with Crippen LogP contribution in [0.2, 0.25) is 0 Å². The molecule has 0 amide bonds. The fraction of sp³-hybridized carbons (Fsp3) is 0.333. The molecule has 0 saturated heterocycles. The van der Waals surface area contributed by atoms with Crippen LogP contribution in [0.5, 0.6) is 0 Å². The highest BCUT2D eigenvalue weighted by Gasteiger charge is 2.11. The summed E-state index contributed by atoms with van der Waals surface area (Å²) < 4.78 is 12.6. The van der Waals surface area contributed by atoms with E-state index in [0.717, 1.165) is 0 Å². The molecule has 17 heavy (non-hydrogen) atoms. The fourth-order valence-corrected chi connectivity index (χ4v) is 1.26. The zero-order chi connectivity index (χ0) is 12.7. The first-order valence-corrected chi connectivity index (χ1v) is 5.11. The van der Waals surface area contributed by atoms with Crippen LogP contribution in [0.25, 0.3) is 0 Å². The van der Waals surface area contributed by atoms with E-state index in [9.17, 15) is 14.5 Å². The first-order valence-electron chi connectivity index (χ1n) is 5.11. The highest BCUT2D eigenvalue weighted by atomic mass is 19.1. The van der Waals surface area contributed by atoms with Crippen molar-refractivity contribution in [3.05, 3.63) is 45.8 Å². The quantitative estimate of drug-likeness (QED) is 0.489. The van der Waals surface area contributed by atoms with Crippen LogP contribution in [-0.4, -0.2) is 23.2 Å². The lowest BCUT2D eigenvalue weighted by molar-refractivity contribution is -0.485. The van der Waals surface area contributed by atoms with Crippen LogP contribution in [0.4, 0.5) is 4.39 Å². The Bertz CT molecular complexity index is 433. The van der Waals surface area contributed by atoms with Crippen LogP contribution in [0.1, 0.15) is 12.0 Å². The number of nitrogens with zero attached hydrogens (tertiary/aromatic N) is 1. The van der Waals surface area contributed by atoms with Crippen LogP contribution in [-0.2, 0) is 0 Å². The molecule has 0 saturated carbocycles. The predicted molar refractivity (Wildman–Crippen MR) is 60.3 cm³/mol. The number of aliphatic hydroxyl groups is 1. The van der Waals surface area contributed by atoms with Crippen LogP contribution >= 0.6 is 0 Å². The summed E-state index contributed by atoms with van der Waals surface area (Å²) in [5, 5.41) is 19.1. The number of hydrogen-bond donors (Lipinski definition) is 1. The summed E-state index contributed by atoms with van der Waals surface area (Å²) in [6.45, 7) is -0.439. The van der Waals surface area contributed by atoms with Gasteiger partial charge >= 0.3 is 0 Å². The highest BCUT2D eigenvalue weighted by molar-refractivity contribution is 5.34. The largest absolute Gasteiger partial charge is 0.396 e. The normalized spacial score (nSPS) is 11.4. The third-order valence-electron chi connectivity index (χ3n) is 2.11. The highest BCUT2D eigenvalue weighted by Crippen LogP contribution is 2.04. The average Bonchev–Trinajstić information content (AvgIpc) is 2.27. The topological polar surface area (TPSA) is 63.4 Å². The Morgan fingerprint density at radius 1 is 1.41 bits per heavy atom. The molecule has 0 bridgehead atoms. The minimum atomic E-state index is -0.486. The molecule has 0 aliphatic rings. The third kappa shape index (κ3) is 5.09. The van der Waals surface area contributed by atoms with Crippen molar-refractivity contribution < 1.29 is 14.4 Å². The molecule has 0 fully saturated rings. The molecule has 0 aromatic heterocycles. The molecule has 5 heteroatoms. The van der Waals surface area contributed by atoms with Gasteiger partial charge in [0.05, 0.1) is 5.92 Å². The molecular formula is C12H12FNO3. The Kier molecular flexibility index (Phi) is 5.11. The van der Waals surface area contributed by atoms with Gasteiger partial charge in [-0.25, -0.2) is 4.39 Å². The van der Waals surface area contributed by atoms with E-state index in [1.54, 1.807) is 0 Å². The smallest absolute Gasteiger partial charge is 0.217 e. The average molecular weight is 237 g/mol. The molecule has 1 N–H and O–H groups in total. The van der Waals surface area contributed by atoms with E-state index in [4.69, 9.17) is 5.11 Å². The van der Waals surface area contributed by atoms with Gasteiger partial charge in [-0.1, -0.05) is 11.8 Å². The maximum atomic E-state index is 12.6. The number of hydrogen-bond acceptors (Lipinski definition) is 3. The molecule has 0 radical (unpaired) electrons. The molecule has 0 unspecified atom stereocenters. The number of benzene rings is 1. The Morgan fingerprint density at radius 2 is 2.06 bits per heavy atom. The summed E-state index contributed by atoms with van der Waals surface area (Å²) in [4.78, 5) is 9.89. The molecule has 0 aliphatic carbocycles. The van der Waals surface area contributed by atoms with Gasteiger partial charge in [0.15, 0.2) is 0 Å². The zero-order valence-electron chi connectivity index (χ0n) is 9.10. The van der Waals surface area contributed by atoms with E-state index in [1.165, 1.54) is 24.3 Å². The lowest BCUT2D eigenvalue weighted by Crippen LogP contribution is -2.13. The molecule has 0 spiro atoms. The van der Waals surface area contributed by atoms with Crippen molar-refractivity contribution in [3.8, 4) is 11.8 Å². The first-order chi connectivity index (χ1) is 8.11. The van der Waals surface area contributed by atoms with Crippen molar-refractivity contribution in [1.29, 1.82) is 0 Å². The van der Waals surface area contributed by atoms with Gasteiger partial charge in [-0.15, -0.1) is 0 Å². The Labute approximate surface area is 98.2 Å². The summed E-state index contributed by atoms with van der Waals surface area (Å²) >= 11 is 0. The van der Waals surface area contributed by atoms with E-state index < -0.39 is 10.8 Å². The summed E-state index contributed by atoms with van der Waals surface area (Å²) in [6.07, 6.45) is 0.259. The van der Waals surface area contributed by atoms with Crippen molar-refractivity contribution in [3.63, 3.8) is 0 Å². The van der Waals surface area contributed by atoms with E-state index in [1.807, 2.05) is 0 Å². The molecule has 1 aromatic carbocycles. The minimum Gasteiger partial charge on any atom is -0.396 e. The Morgan fingerprint density at radius 3 is 2.59 bits per heavy atom. The summed E-state index contributed by atoms with van der Waals surface area (Å²) in [5.74, 6) is 4.60. The summed E-state index contributed by atoms with van der Waals surface area (Å²) in [7, 11) is 0. The van der Waals surface area contributed by atoms with E-state index in [2.05, 4.69) is 11.8 Å². The number of rotatable bonds is 4. The van der Waals surface area contributed by atoms with Crippen molar-refractivity contribution in [2.75, 3.05) is 13.2 Å². The maximum Gasteiger partial charge on any atom is 0.217 e. The number of halogens is 1. The third-order valence-corrected chi connectivity index (χ3v) is 2.11. The van der Waals surface area contributed by atoms with Gasteiger partial charge < -0.3 is 5.11 Å². The number of aliphatic hydroxyl groups excluding tert-OH is 1. The molecule has 90 valence electrons. The summed E-state index contributed by atoms with van der Waals surface area (Å²) in [6, 6.07) is 5.56. The van der Waals surface area contributed by atoms with Crippen LogP contribution < -0.4 is 0 Å². The molecule has 1 atom stereocenters.